The first-order chi connectivity index (χ1) is 26.8. The number of fused-ring (bicyclic) bond motifs is 12. The molecule has 0 N–H and O–H groups in total. The minimum absolute atomic E-state index is 0.644. The van der Waals surface area contributed by atoms with E-state index in [1.54, 1.807) is 0 Å². The Hall–Kier alpha value is -7.37. The lowest BCUT2D eigenvalue weighted by Gasteiger charge is -2.14. The van der Waals surface area contributed by atoms with Crippen molar-refractivity contribution in [2.24, 2.45) is 0 Å². The van der Waals surface area contributed by atoms with Crippen molar-refractivity contribution in [1.29, 1.82) is 0 Å². The summed E-state index contributed by atoms with van der Waals surface area (Å²) in [6.45, 7) is 0. The van der Waals surface area contributed by atoms with Crippen molar-refractivity contribution >= 4 is 76.2 Å². The van der Waals surface area contributed by atoms with Crippen LogP contribution in [0.4, 0.5) is 0 Å². The lowest BCUT2D eigenvalue weighted by molar-refractivity contribution is 1.08. The summed E-state index contributed by atoms with van der Waals surface area (Å²) in [5, 5.41) is 9.49. The molecule has 0 spiro atoms. The zero-order chi connectivity index (χ0) is 35.3. The summed E-state index contributed by atoms with van der Waals surface area (Å²) < 4.78 is 5.00. The van der Waals surface area contributed by atoms with Crippen LogP contribution in [0, 0.1) is 0 Å². The lowest BCUT2D eigenvalue weighted by Crippen LogP contribution is -2.00. The van der Waals surface area contributed by atoms with E-state index in [-0.39, 0.29) is 0 Å². The van der Waals surface area contributed by atoms with Crippen molar-refractivity contribution in [2.75, 3.05) is 0 Å². The van der Waals surface area contributed by atoms with Crippen LogP contribution in [-0.2, 0) is 0 Å². The Morgan fingerprint density at radius 3 is 1.56 bits per heavy atom. The van der Waals surface area contributed by atoms with Crippen molar-refractivity contribution in [3.8, 4) is 34.2 Å². The number of para-hydroxylation sites is 3. The molecule has 5 heteroatoms. The minimum atomic E-state index is 0.644. The van der Waals surface area contributed by atoms with Crippen LogP contribution in [0.1, 0.15) is 0 Å². The molecule has 12 aromatic rings. The average molecular weight is 688 g/mol. The van der Waals surface area contributed by atoms with Gasteiger partial charge in [-0.1, -0.05) is 152 Å². The summed E-state index contributed by atoms with van der Waals surface area (Å²) in [5.41, 5.74) is 9.84. The zero-order valence-corrected chi connectivity index (χ0v) is 29.0. The maximum Gasteiger partial charge on any atom is 0.164 e. The highest BCUT2D eigenvalue weighted by molar-refractivity contribution is 6.28. The molecule has 0 bridgehead atoms. The third-order valence-corrected chi connectivity index (χ3v) is 11.1. The minimum Gasteiger partial charge on any atom is -0.306 e. The van der Waals surface area contributed by atoms with Gasteiger partial charge in [-0.3, -0.25) is 0 Å². The van der Waals surface area contributed by atoms with E-state index in [0.29, 0.717) is 17.5 Å². The Morgan fingerprint density at radius 2 is 0.815 bits per heavy atom. The third-order valence-electron chi connectivity index (χ3n) is 11.1. The van der Waals surface area contributed by atoms with Gasteiger partial charge in [0.05, 0.1) is 33.1 Å². The van der Waals surface area contributed by atoms with Crippen LogP contribution < -0.4 is 0 Å². The van der Waals surface area contributed by atoms with Crippen LogP contribution in [0.5, 0.6) is 0 Å². The van der Waals surface area contributed by atoms with Crippen molar-refractivity contribution < 1.29 is 0 Å². The second-order valence-corrected chi connectivity index (χ2v) is 14.0. The molecule has 0 saturated heterocycles. The summed E-state index contributed by atoms with van der Waals surface area (Å²) in [6, 6.07) is 62.6. The average Bonchev–Trinajstić information content (AvgIpc) is 3.76. The Bertz CT molecular complexity index is 3430. The number of nitrogens with zero attached hydrogens (tertiary/aromatic N) is 5. The fraction of sp³-hybridized carbons (Fsp3) is 0. The molecular formula is C49H29N5. The summed E-state index contributed by atoms with van der Waals surface area (Å²) in [7, 11) is 0. The summed E-state index contributed by atoms with van der Waals surface area (Å²) in [6.07, 6.45) is 0. The molecule has 0 unspecified atom stereocenters. The highest BCUT2D eigenvalue weighted by Gasteiger charge is 2.23. The highest BCUT2D eigenvalue weighted by Crippen LogP contribution is 2.44. The van der Waals surface area contributed by atoms with Gasteiger partial charge in [-0.2, -0.15) is 0 Å². The van der Waals surface area contributed by atoms with Gasteiger partial charge in [0.2, 0.25) is 0 Å². The van der Waals surface area contributed by atoms with Crippen LogP contribution >= 0.6 is 0 Å². The third kappa shape index (κ3) is 4.01. The largest absolute Gasteiger partial charge is 0.306 e. The van der Waals surface area contributed by atoms with E-state index in [9.17, 15) is 0 Å². The van der Waals surface area contributed by atoms with Crippen LogP contribution in [0.2, 0.25) is 0 Å². The predicted molar refractivity (Wildman–Crippen MR) is 223 cm³/mol. The number of rotatable bonds is 3. The number of benzene rings is 8. The maximum atomic E-state index is 5.23. The molecule has 250 valence electrons. The molecule has 0 radical (unpaired) electrons. The van der Waals surface area contributed by atoms with E-state index in [1.165, 1.54) is 43.5 Å². The Labute approximate surface area is 309 Å². The molecule has 0 aliphatic carbocycles. The van der Waals surface area contributed by atoms with Gasteiger partial charge in [-0.15, -0.1) is 0 Å². The first-order valence-corrected chi connectivity index (χ1v) is 18.3. The van der Waals surface area contributed by atoms with Crippen LogP contribution in [0.15, 0.2) is 176 Å². The number of hydrogen-bond donors (Lipinski definition) is 0. The molecule has 0 saturated carbocycles. The normalized spacial score (nSPS) is 12.1. The first kappa shape index (κ1) is 29.2. The van der Waals surface area contributed by atoms with E-state index in [0.717, 1.165) is 49.4 Å². The van der Waals surface area contributed by atoms with Gasteiger partial charge in [0, 0.05) is 54.4 Å². The summed E-state index contributed by atoms with van der Waals surface area (Å²) >= 11 is 0. The van der Waals surface area contributed by atoms with E-state index in [2.05, 4.69) is 148 Å². The Morgan fingerprint density at radius 1 is 0.296 bits per heavy atom. The summed E-state index contributed by atoms with van der Waals surface area (Å²) in [5.74, 6) is 1.94. The van der Waals surface area contributed by atoms with Gasteiger partial charge in [0.15, 0.2) is 17.5 Å². The molecule has 4 heterocycles. The molecule has 8 aromatic carbocycles. The van der Waals surface area contributed by atoms with Crippen molar-refractivity contribution in [1.82, 2.24) is 23.8 Å². The monoisotopic (exact) mass is 687 g/mol. The zero-order valence-electron chi connectivity index (χ0n) is 29.0. The van der Waals surface area contributed by atoms with E-state index in [4.69, 9.17) is 15.0 Å². The highest BCUT2D eigenvalue weighted by atomic mass is 15.0. The lowest BCUT2D eigenvalue weighted by atomic mass is 9.99. The van der Waals surface area contributed by atoms with Gasteiger partial charge in [0.1, 0.15) is 0 Å². The first-order valence-electron chi connectivity index (χ1n) is 18.3. The number of aromatic nitrogens is 5. The van der Waals surface area contributed by atoms with Gasteiger partial charge in [-0.05, 0) is 29.7 Å². The molecule has 0 fully saturated rings. The maximum absolute atomic E-state index is 5.23. The fourth-order valence-corrected chi connectivity index (χ4v) is 8.81. The van der Waals surface area contributed by atoms with E-state index >= 15 is 0 Å². The van der Waals surface area contributed by atoms with Crippen molar-refractivity contribution in [2.45, 2.75) is 0 Å². The molecule has 54 heavy (non-hydrogen) atoms. The number of hydrogen-bond acceptors (Lipinski definition) is 3. The molecule has 0 aliphatic rings. The molecule has 12 rings (SSSR count). The van der Waals surface area contributed by atoms with Crippen LogP contribution in [0.3, 0.4) is 0 Å². The molecule has 4 aromatic heterocycles. The quantitative estimate of drug-likeness (QED) is 0.186. The molecular weight excluding hydrogens is 659 g/mol. The van der Waals surface area contributed by atoms with E-state index in [1.807, 2.05) is 36.4 Å². The smallest absolute Gasteiger partial charge is 0.164 e. The van der Waals surface area contributed by atoms with Crippen LogP contribution in [-0.4, -0.2) is 23.8 Å². The van der Waals surface area contributed by atoms with Crippen molar-refractivity contribution in [3.05, 3.63) is 176 Å². The van der Waals surface area contributed by atoms with Gasteiger partial charge < -0.3 is 8.80 Å². The van der Waals surface area contributed by atoms with Crippen LogP contribution in [0.25, 0.3) is 110 Å². The second kappa shape index (κ2) is 11.1. The van der Waals surface area contributed by atoms with Gasteiger partial charge in [0.25, 0.3) is 0 Å². The second-order valence-electron chi connectivity index (χ2n) is 14.0. The Kier molecular flexibility index (Phi) is 5.99. The van der Waals surface area contributed by atoms with Gasteiger partial charge >= 0.3 is 0 Å². The molecule has 0 aliphatic heterocycles. The standard InChI is InChI=1S/C49H29N5/c1-3-15-31(16-4-1)47-50-48(32-17-5-2-6-18-32)52-49(51-47)39-29-28-37-36-27-26-30-14-7-8-19-33(30)44(36)54-40-23-11-9-20-34(40)35-22-13-25-42(45(35)54)53-41-24-12-10-21-38(41)43(39)46(37)53/h1-29H. The fourth-order valence-electron chi connectivity index (χ4n) is 8.81. The topological polar surface area (TPSA) is 47.5 Å². The molecule has 0 atom stereocenters. The molecule has 5 nitrogen and oxygen atoms in total. The summed E-state index contributed by atoms with van der Waals surface area (Å²) in [4.78, 5) is 15.5. The van der Waals surface area contributed by atoms with Crippen molar-refractivity contribution in [3.63, 3.8) is 0 Å². The van der Waals surface area contributed by atoms with Gasteiger partial charge in [-0.25, -0.2) is 15.0 Å². The van der Waals surface area contributed by atoms with E-state index < -0.39 is 0 Å². The Balaban J connectivity index is 1.34. The SMILES string of the molecule is c1ccc(-c2nc(-c3ccccc3)nc(-c3ccc4c5ccc6ccccc6c5n5c6ccccc6c6cccc(c65)n5c6ccccc6c3c45)n2)cc1. The predicted octanol–water partition coefficient (Wildman–Crippen LogP) is 12.3. The molecule has 0 amide bonds.